The molecule has 4 heteroatoms. The first kappa shape index (κ1) is 12.8. The van der Waals surface area contributed by atoms with E-state index in [0.717, 1.165) is 32.5 Å². The highest BCUT2D eigenvalue weighted by atomic mass is 16.5. The monoisotopic (exact) mass is 240 g/mol. The van der Waals surface area contributed by atoms with Crippen LogP contribution in [0.2, 0.25) is 0 Å². The number of hydrogen-bond donors (Lipinski definition) is 1. The first-order valence-electron chi connectivity index (χ1n) is 6.75. The minimum absolute atomic E-state index is 0.163. The molecule has 1 saturated carbocycles. The average Bonchev–Trinajstić information content (AvgIpc) is 2.56. The van der Waals surface area contributed by atoms with E-state index in [0.29, 0.717) is 24.4 Å². The van der Waals surface area contributed by atoms with Crippen molar-refractivity contribution in [3.8, 4) is 0 Å². The van der Waals surface area contributed by atoms with Gasteiger partial charge in [-0.05, 0) is 31.6 Å². The summed E-state index contributed by atoms with van der Waals surface area (Å²) in [4.78, 5) is 14.0. The van der Waals surface area contributed by atoms with Crippen LogP contribution in [-0.4, -0.2) is 42.6 Å². The smallest absolute Gasteiger partial charge is 0.222 e. The van der Waals surface area contributed by atoms with Gasteiger partial charge >= 0.3 is 0 Å². The molecule has 2 fully saturated rings. The van der Waals surface area contributed by atoms with Crippen molar-refractivity contribution in [1.29, 1.82) is 0 Å². The molecule has 1 heterocycles. The molecule has 17 heavy (non-hydrogen) atoms. The summed E-state index contributed by atoms with van der Waals surface area (Å²) in [6.45, 7) is 6.49. The van der Waals surface area contributed by atoms with Crippen LogP contribution in [0.4, 0.5) is 0 Å². The van der Waals surface area contributed by atoms with Crippen LogP contribution < -0.4 is 5.73 Å². The molecule has 0 aromatic heterocycles. The molecule has 1 amide bonds. The SMILES string of the molecule is CCOC1CC(CC(=O)N2CC(C)C(N)C2)C1. The third-order valence-electron chi connectivity index (χ3n) is 4.08. The zero-order valence-corrected chi connectivity index (χ0v) is 10.9. The Morgan fingerprint density at radius 3 is 2.65 bits per heavy atom. The van der Waals surface area contributed by atoms with Gasteiger partial charge in [0.15, 0.2) is 0 Å². The van der Waals surface area contributed by atoms with Crippen LogP contribution in [0.1, 0.15) is 33.1 Å². The Labute approximate surface area is 103 Å². The fourth-order valence-corrected chi connectivity index (χ4v) is 2.78. The Bertz CT molecular complexity index is 267. The molecule has 1 aliphatic heterocycles. The van der Waals surface area contributed by atoms with Crippen molar-refractivity contribution in [3.05, 3.63) is 0 Å². The van der Waals surface area contributed by atoms with Crippen molar-refractivity contribution in [2.24, 2.45) is 17.6 Å². The molecule has 0 aromatic rings. The van der Waals surface area contributed by atoms with Crippen molar-refractivity contribution in [2.75, 3.05) is 19.7 Å². The van der Waals surface area contributed by atoms with E-state index in [1.165, 1.54) is 0 Å². The maximum Gasteiger partial charge on any atom is 0.222 e. The van der Waals surface area contributed by atoms with Crippen LogP contribution in [0.15, 0.2) is 0 Å². The summed E-state index contributed by atoms with van der Waals surface area (Å²) in [5, 5.41) is 0. The van der Waals surface area contributed by atoms with Gasteiger partial charge in [-0.3, -0.25) is 4.79 Å². The van der Waals surface area contributed by atoms with Crippen molar-refractivity contribution >= 4 is 5.91 Å². The fraction of sp³-hybridized carbons (Fsp3) is 0.923. The quantitative estimate of drug-likeness (QED) is 0.797. The molecule has 1 aliphatic carbocycles. The number of hydrogen-bond acceptors (Lipinski definition) is 3. The molecule has 2 atom stereocenters. The van der Waals surface area contributed by atoms with E-state index in [4.69, 9.17) is 10.5 Å². The highest BCUT2D eigenvalue weighted by Gasteiger charge is 2.35. The van der Waals surface area contributed by atoms with Gasteiger partial charge in [0.25, 0.3) is 0 Å². The Morgan fingerprint density at radius 1 is 1.41 bits per heavy atom. The van der Waals surface area contributed by atoms with E-state index in [9.17, 15) is 4.79 Å². The zero-order chi connectivity index (χ0) is 12.4. The third kappa shape index (κ3) is 2.99. The van der Waals surface area contributed by atoms with Crippen LogP contribution in [0.3, 0.4) is 0 Å². The first-order valence-corrected chi connectivity index (χ1v) is 6.75. The van der Waals surface area contributed by atoms with E-state index in [1.54, 1.807) is 0 Å². The predicted octanol–water partition coefficient (Wildman–Crippen LogP) is 0.997. The van der Waals surface area contributed by atoms with Gasteiger partial charge in [-0.15, -0.1) is 0 Å². The second kappa shape index (κ2) is 5.36. The lowest BCUT2D eigenvalue weighted by molar-refractivity contribution is -0.133. The van der Waals surface area contributed by atoms with Gasteiger partial charge in [0.1, 0.15) is 0 Å². The number of rotatable bonds is 4. The molecule has 2 rings (SSSR count). The minimum atomic E-state index is 0.163. The molecule has 1 saturated heterocycles. The molecule has 0 aromatic carbocycles. The van der Waals surface area contributed by atoms with Gasteiger partial charge < -0.3 is 15.4 Å². The van der Waals surface area contributed by atoms with Crippen molar-refractivity contribution in [1.82, 2.24) is 4.90 Å². The predicted molar refractivity (Wildman–Crippen MR) is 66.5 cm³/mol. The molecular weight excluding hydrogens is 216 g/mol. The fourth-order valence-electron chi connectivity index (χ4n) is 2.78. The number of carbonyl (C=O) groups excluding carboxylic acids is 1. The lowest BCUT2D eigenvalue weighted by Crippen LogP contribution is -2.38. The van der Waals surface area contributed by atoms with Crippen LogP contribution in [-0.2, 0) is 9.53 Å². The van der Waals surface area contributed by atoms with Gasteiger partial charge in [0, 0.05) is 32.2 Å². The summed E-state index contributed by atoms with van der Waals surface area (Å²) in [6, 6.07) is 0.163. The third-order valence-corrected chi connectivity index (χ3v) is 4.08. The van der Waals surface area contributed by atoms with E-state index < -0.39 is 0 Å². The second-order valence-electron chi connectivity index (χ2n) is 5.56. The van der Waals surface area contributed by atoms with Gasteiger partial charge in [0.2, 0.25) is 5.91 Å². The second-order valence-corrected chi connectivity index (χ2v) is 5.56. The maximum absolute atomic E-state index is 12.0. The summed E-state index contributed by atoms with van der Waals surface area (Å²) >= 11 is 0. The van der Waals surface area contributed by atoms with E-state index >= 15 is 0 Å². The van der Waals surface area contributed by atoms with Gasteiger partial charge in [-0.1, -0.05) is 6.92 Å². The number of carbonyl (C=O) groups is 1. The van der Waals surface area contributed by atoms with Crippen LogP contribution in [0.5, 0.6) is 0 Å². The highest BCUT2D eigenvalue weighted by molar-refractivity contribution is 5.77. The van der Waals surface area contributed by atoms with Gasteiger partial charge in [-0.2, -0.15) is 0 Å². The summed E-state index contributed by atoms with van der Waals surface area (Å²) in [6.07, 6.45) is 3.19. The topological polar surface area (TPSA) is 55.6 Å². The van der Waals surface area contributed by atoms with E-state index in [2.05, 4.69) is 6.92 Å². The Balaban J connectivity index is 1.69. The lowest BCUT2D eigenvalue weighted by atomic mass is 9.80. The average molecular weight is 240 g/mol. The van der Waals surface area contributed by atoms with Crippen LogP contribution in [0, 0.1) is 11.8 Å². The minimum Gasteiger partial charge on any atom is -0.378 e. The molecule has 4 nitrogen and oxygen atoms in total. The standard InChI is InChI=1S/C13H24N2O2/c1-3-17-11-4-10(5-11)6-13(16)15-7-9(2)12(14)8-15/h9-12H,3-8,14H2,1-2H3. The Kier molecular flexibility index (Phi) is 4.05. The summed E-state index contributed by atoms with van der Waals surface area (Å²) in [5.74, 6) is 1.26. The molecule has 2 N–H and O–H groups in total. The molecule has 98 valence electrons. The number of nitrogens with two attached hydrogens (primary N) is 1. The largest absolute Gasteiger partial charge is 0.378 e. The van der Waals surface area contributed by atoms with E-state index in [-0.39, 0.29) is 11.9 Å². The highest BCUT2D eigenvalue weighted by Crippen LogP contribution is 2.33. The molecule has 2 aliphatic rings. The number of ether oxygens (including phenoxy) is 1. The lowest BCUT2D eigenvalue weighted by Gasteiger charge is -2.35. The molecule has 0 bridgehead atoms. The molecule has 0 radical (unpaired) electrons. The van der Waals surface area contributed by atoms with Crippen LogP contribution in [0.25, 0.3) is 0 Å². The van der Waals surface area contributed by atoms with E-state index in [1.807, 2.05) is 11.8 Å². The first-order chi connectivity index (χ1) is 8.10. The summed E-state index contributed by atoms with van der Waals surface area (Å²) in [7, 11) is 0. The summed E-state index contributed by atoms with van der Waals surface area (Å²) in [5.41, 5.74) is 5.93. The summed E-state index contributed by atoms with van der Waals surface area (Å²) < 4.78 is 5.50. The van der Waals surface area contributed by atoms with Crippen molar-refractivity contribution in [2.45, 2.75) is 45.3 Å². The molecular formula is C13H24N2O2. The van der Waals surface area contributed by atoms with Gasteiger partial charge in [-0.25, -0.2) is 0 Å². The van der Waals surface area contributed by atoms with Crippen molar-refractivity contribution in [3.63, 3.8) is 0 Å². The maximum atomic E-state index is 12.0. The normalized spacial score (nSPS) is 37.0. The number of nitrogens with zero attached hydrogens (tertiary/aromatic N) is 1. The Morgan fingerprint density at radius 2 is 2.12 bits per heavy atom. The zero-order valence-electron chi connectivity index (χ0n) is 10.9. The molecule has 0 spiro atoms. The van der Waals surface area contributed by atoms with Crippen molar-refractivity contribution < 1.29 is 9.53 Å². The van der Waals surface area contributed by atoms with Crippen LogP contribution >= 0.6 is 0 Å². The molecule has 2 unspecified atom stereocenters. The van der Waals surface area contributed by atoms with Gasteiger partial charge in [0.05, 0.1) is 6.10 Å². The number of amides is 1. The number of likely N-dealkylation sites (tertiary alicyclic amines) is 1. The Hall–Kier alpha value is -0.610.